The summed E-state index contributed by atoms with van der Waals surface area (Å²) in [7, 11) is 0. The molecule has 9 aromatic carbocycles. The molecule has 0 aliphatic heterocycles. The van der Waals surface area contributed by atoms with E-state index in [4.69, 9.17) is 9.97 Å². The van der Waals surface area contributed by atoms with Gasteiger partial charge in [0.25, 0.3) is 0 Å². The van der Waals surface area contributed by atoms with Gasteiger partial charge >= 0.3 is 0 Å². The smallest absolute Gasteiger partial charge is 0.160 e. The van der Waals surface area contributed by atoms with Crippen LogP contribution in [0.4, 0.5) is 0 Å². The minimum absolute atomic E-state index is 0.701. The average Bonchev–Trinajstić information content (AvgIpc) is 3.22. The first-order valence-corrected chi connectivity index (χ1v) is 17.7. The van der Waals surface area contributed by atoms with Crippen molar-refractivity contribution in [3.05, 3.63) is 194 Å². The zero-order valence-corrected chi connectivity index (χ0v) is 28.4. The molecule has 0 aliphatic carbocycles. The van der Waals surface area contributed by atoms with Crippen LogP contribution in [0.25, 0.3) is 99.2 Å². The van der Waals surface area contributed by atoms with Crippen molar-refractivity contribution in [2.45, 2.75) is 0 Å². The van der Waals surface area contributed by atoms with Crippen LogP contribution in [0.3, 0.4) is 0 Å². The van der Waals surface area contributed by atoms with E-state index in [2.05, 4.69) is 188 Å². The fourth-order valence-electron chi connectivity index (χ4n) is 7.83. The fraction of sp³-hybridized carbons (Fsp3) is 0. The Labute approximate surface area is 302 Å². The van der Waals surface area contributed by atoms with Crippen molar-refractivity contribution < 1.29 is 0 Å². The summed E-state index contributed by atoms with van der Waals surface area (Å²) in [4.78, 5) is 10.5. The van der Waals surface area contributed by atoms with Crippen LogP contribution in [-0.2, 0) is 0 Å². The van der Waals surface area contributed by atoms with Gasteiger partial charge in [-0.05, 0) is 83.5 Å². The highest BCUT2D eigenvalue weighted by molar-refractivity contribution is 6.21. The molecule has 10 rings (SSSR count). The van der Waals surface area contributed by atoms with Crippen molar-refractivity contribution in [2.75, 3.05) is 0 Å². The zero-order chi connectivity index (χ0) is 34.4. The third-order valence-electron chi connectivity index (χ3n) is 10.2. The van der Waals surface area contributed by atoms with E-state index in [-0.39, 0.29) is 0 Å². The van der Waals surface area contributed by atoms with E-state index in [1.807, 2.05) is 6.07 Å². The molecule has 0 fully saturated rings. The monoisotopic (exact) mass is 660 g/mol. The second-order valence-corrected chi connectivity index (χ2v) is 13.3. The molecule has 52 heavy (non-hydrogen) atoms. The molecule has 1 heterocycles. The summed E-state index contributed by atoms with van der Waals surface area (Å²) < 4.78 is 0. The lowest BCUT2D eigenvalue weighted by Gasteiger charge is -2.18. The number of hydrogen-bond acceptors (Lipinski definition) is 2. The molecule has 0 unspecified atom stereocenters. The van der Waals surface area contributed by atoms with Gasteiger partial charge in [-0.15, -0.1) is 0 Å². The molecule has 0 spiro atoms. The SMILES string of the molecule is c1ccc(-c2cc(-c3cccc4ccccc34)nc(-c3cccc(-c4c5ccccc5c(-c5ccc6ccccc6c5)c5ccccc45)c3)n2)cc1. The molecule has 0 amide bonds. The Morgan fingerprint density at radius 1 is 0.269 bits per heavy atom. The van der Waals surface area contributed by atoms with Gasteiger partial charge in [0.1, 0.15) is 0 Å². The van der Waals surface area contributed by atoms with Crippen LogP contribution in [-0.4, -0.2) is 9.97 Å². The molecule has 2 heteroatoms. The van der Waals surface area contributed by atoms with Crippen LogP contribution in [0, 0.1) is 0 Å². The molecule has 0 N–H and O–H groups in total. The molecule has 0 saturated carbocycles. The number of aromatic nitrogens is 2. The first-order chi connectivity index (χ1) is 25.8. The maximum Gasteiger partial charge on any atom is 0.160 e. The Bertz CT molecular complexity index is 2900. The normalized spacial score (nSPS) is 11.5. The van der Waals surface area contributed by atoms with E-state index < -0.39 is 0 Å². The number of nitrogens with zero attached hydrogens (tertiary/aromatic N) is 2. The zero-order valence-electron chi connectivity index (χ0n) is 28.4. The molecule has 0 saturated heterocycles. The van der Waals surface area contributed by atoms with Gasteiger partial charge in [0.15, 0.2) is 5.82 Å². The number of rotatable bonds is 5. The first kappa shape index (κ1) is 30.0. The lowest BCUT2D eigenvalue weighted by atomic mass is 9.85. The second-order valence-electron chi connectivity index (χ2n) is 13.3. The molecule has 0 bridgehead atoms. The number of benzene rings is 9. The van der Waals surface area contributed by atoms with Gasteiger partial charge in [0, 0.05) is 16.7 Å². The van der Waals surface area contributed by atoms with Crippen molar-refractivity contribution in [1.29, 1.82) is 0 Å². The van der Waals surface area contributed by atoms with Crippen LogP contribution in [0.15, 0.2) is 194 Å². The Hall–Kier alpha value is -6.90. The largest absolute Gasteiger partial charge is 0.228 e. The van der Waals surface area contributed by atoms with E-state index >= 15 is 0 Å². The minimum atomic E-state index is 0.701. The third-order valence-corrected chi connectivity index (χ3v) is 10.2. The number of hydrogen-bond donors (Lipinski definition) is 0. The molecular weight excluding hydrogens is 629 g/mol. The van der Waals surface area contributed by atoms with Gasteiger partial charge in [-0.3, -0.25) is 0 Å². The van der Waals surface area contributed by atoms with E-state index in [9.17, 15) is 0 Å². The maximum absolute atomic E-state index is 5.28. The Kier molecular flexibility index (Phi) is 7.18. The van der Waals surface area contributed by atoms with E-state index in [1.54, 1.807) is 0 Å². The lowest BCUT2D eigenvalue weighted by molar-refractivity contribution is 1.19. The number of fused-ring (bicyclic) bond motifs is 4. The van der Waals surface area contributed by atoms with Gasteiger partial charge < -0.3 is 0 Å². The average molecular weight is 661 g/mol. The Morgan fingerprint density at radius 3 is 1.48 bits per heavy atom. The molecular formula is C50H32N2. The highest BCUT2D eigenvalue weighted by Gasteiger charge is 2.18. The van der Waals surface area contributed by atoms with Crippen LogP contribution in [0.1, 0.15) is 0 Å². The molecule has 0 atom stereocenters. The predicted molar refractivity (Wildman–Crippen MR) is 219 cm³/mol. The molecule has 0 radical (unpaired) electrons. The summed E-state index contributed by atoms with van der Waals surface area (Å²) >= 11 is 0. The Morgan fingerprint density at radius 2 is 0.769 bits per heavy atom. The summed E-state index contributed by atoms with van der Waals surface area (Å²) in [5, 5.41) is 9.76. The minimum Gasteiger partial charge on any atom is -0.228 e. The topological polar surface area (TPSA) is 25.8 Å². The predicted octanol–water partition coefficient (Wildman–Crippen LogP) is 13.4. The summed E-state index contributed by atoms with van der Waals surface area (Å²) in [5.41, 5.74) is 9.76. The molecule has 10 aromatic rings. The fourth-order valence-corrected chi connectivity index (χ4v) is 7.83. The van der Waals surface area contributed by atoms with Crippen LogP contribution in [0.2, 0.25) is 0 Å². The second kappa shape index (κ2) is 12.5. The molecule has 2 nitrogen and oxygen atoms in total. The van der Waals surface area contributed by atoms with Crippen LogP contribution >= 0.6 is 0 Å². The van der Waals surface area contributed by atoms with Crippen LogP contribution < -0.4 is 0 Å². The summed E-state index contributed by atoms with van der Waals surface area (Å²) in [5.74, 6) is 0.701. The lowest BCUT2D eigenvalue weighted by Crippen LogP contribution is -1.97. The van der Waals surface area contributed by atoms with Crippen molar-refractivity contribution in [3.63, 3.8) is 0 Å². The third kappa shape index (κ3) is 5.12. The van der Waals surface area contributed by atoms with Crippen LogP contribution in [0.5, 0.6) is 0 Å². The maximum atomic E-state index is 5.28. The van der Waals surface area contributed by atoms with E-state index in [1.165, 1.54) is 59.8 Å². The summed E-state index contributed by atoms with van der Waals surface area (Å²) in [6.45, 7) is 0. The quantitative estimate of drug-likeness (QED) is 0.172. The van der Waals surface area contributed by atoms with E-state index in [0.29, 0.717) is 5.82 Å². The van der Waals surface area contributed by atoms with Crippen molar-refractivity contribution >= 4 is 43.1 Å². The van der Waals surface area contributed by atoms with Crippen molar-refractivity contribution in [1.82, 2.24) is 9.97 Å². The van der Waals surface area contributed by atoms with Gasteiger partial charge in [0.05, 0.1) is 11.4 Å². The van der Waals surface area contributed by atoms with Gasteiger partial charge in [0.2, 0.25) is 0 Å². The molecule has 0 aliphatic rings. The van der Waals surface area contributed by atoms with Crippen molar-refractivity contribution in [3.8, 4) is 56.2 Å². The standard InChI is InChI=1S/C50H32N2/c1-2-16-35(17-3-1)46-32-47(41-27-13-19-34-15-6-7-22-40(34)41)52-50(51-46)39-21-12-20-37(31-39)48-42-23-8-10-25-44(42)49(45-26-11-9-24-43(45)48)38-29-28-33-14-4-5-18-36(33)30-38/h1-32H. The van der Waals surface area contributed by atoms with Gasteiger partial charge in [-0.25, -0.2) is 9.97 Å². The highest BCUT2D eigenvalue weighted by atomic mass is 14.9. The highest BCUT2D eigenvalue weighted by Crippen LogP contribution is 2.44. The van der Waals surface area contributed by atoms with E-state index in [0.717, 1.165) is 33.6 Å². The van der Waals surface area contributed by atoms with Gasteiger partial charge in [-0.2, -0.15) is 0 Å². The van der Waals surface area contributed by atoms with Crippen molar-refractivity contribution in [2.24, 2.45) is 0 Å². The first-order valence-electron chi connectivity index (χ1n) is 17.7. The Balaban J connectivity index is 1.19. The van der Waals surface area contributed by atoms with Gasteiger partial charge in [-0.1, -0.05) is 176 Å². The summed E-state index contributed by atoms with van der Waals surface area (Å²) in [6, 6.07) is 69.3. The molecule has 242 valence electrons. The molecule has 1 aromatic heterocycles. The summed E-state index contributed by atoms with van der Waals surface area (Å²) in [6.07, 6.45) is 0.